The molecule has 4 fully saturated rings. The Balaban J connectivity index is 1.44. The van der Waals surface area contributed by atoms with Crippen LogP contribution in [0.3, 0.4) is 0 Å². The highest BCUT2D eigenvalue weighted by atomic mass is 16.1. The maximum Gasteiger partial charge on any atom is 0.133 e. The van der Waals surface area contributed by atoms with Gasteiger partial charge in [0.05, 0.1) is 0 Å². The van der Waals surface area contributed by atoms with Crippen molar-refractivity contribution in [1.29, 1.82) is 0 Å². The van der Waals surface area contributed by atoms with Crippen LogP contribution in [-0.2, 0) is 11.2 Å². The smallest absolute Gasteiger partial charge is 0.133 e. The second kappa shape index (κ2) is 6.35. The first kappa shape index (κ1) is 16.4. The summed E-state index contributed by atoms with van der Waals surface area (Å²) >= 11 is 0. The Morgan fingerprint density at radius 1 is 1.17 bits per heavy atom. The highest BCUT2D eigenvalue weighted by molar-refractivity contribution is 6.32. The molecule has 0 aliphatic heterocycles. The van der Waals surface area contributed by atoms with E-state index in [0.717, 1.165) is 42.5 Å². The van der Waals surface area contributed by atoms with Crippen molar-refractivity contribution < 1.29 is 4.79 Å². The molecule has 0 N–H and O–H groups in total. The van der Waals surface area contributed by atoms with Crippen molar-refractivity contribution in [3.8, 4) is 0 Å². The second-order valence-corrected chi connectivity index (χ2v) is 9.08. The van der Waals surface area contributed by atoms with Gasteiger partial charge in [-0.2, -0.15) is 0 Å². The fourth-order valence-corrected chi connectivity index (χ4v) is 6.80. The monoisotopic (exact) mass is 320 g/mol. The molecule has 1 atom stereocenters. The summed E-state index contributed by atoms with van der Waals surface area (Å²) in [6, 6.07) is 8.21. The molecule has 4 saturated carbocycles. The predicted molar refractivity (Wildman–Crippen MR) is 99.5 cm³/mol. The van der Waals surface area contributed by atoms with Crippen LogP contribution < -0.4 is 5.46 Å². The van der Waals surface area contributed by atoms with Crippen molar-refractivity contribution >= 4 is 19.1 Å². The Labute approximate surface area is 148 Å². The predicted octanol–water partition coefficient (Wildman–Crippen LogP) is 4.22. The highest BCUT2D eigenvalue weighted by Crippen LogP contribution is 2.63. The van der Waals surface area contributed by atoms with E-state index in [1.165, 1.54) is 44.1 Å². The van der Waals surface area contributed by atoms with E-state index in [1.54, 1.807) is 0 Å². The number of hydrogen-bond donors (Lipinski definition) is 0. The van der Waals surface area contributed by atoms with Gasteiger partial charge in [-0.15, -0.1) is 0 Å². The standard InChI is InChI=1S/C22H29BO/c1-15(24)21(7-3-5-16-4-2-6-20(23)11-16)22-12-17-8-18(13-22)10-19(9-17)14-22/h2,4,6,11,17-19,21H,3,5,7-10,12-14H2,1H3. The average molecular weight is 320 g/mol. The van der Waals surface area contributed by atoms with Crippen molar-refractivity contribution in [1.82, 2.24) is 0 Å². The zero-order valence-electron chi connectivity index (χ0n) is 15.0. The lowest BCUT2D eigenvalue weighted by Gasteiger charge is -2.59. The number of Topliss-reactive ketones (excluding diaryl/α,β-unsaturated/α-hetero) is 1. The Bertz CT molecular complexity index is 585. The Morgan fingerprint density at radius 2 is 1.79 bits per heavy atom. The molecule has 2 heteroatoms. The Morgan fingerprint density at radius 3 is 2.33 bits per heavy atom. The first-order chi connectivity index (χ1) is 11.5. The molecule has 1 nitrogen and oxygen atoms in total. The number of ketones is 1. The summed E-state index contributed by atoms with van der Waals surface area (Å²) in [5, 5.41) is 0. The molecule has 4 aliphatic carbocycles. The largest absolute Gasteiger partial charge is 0.300 e. The quantitative estimate of drug-likeness (QED) is 0.717. The maximum absolute atomic E-state index is 12.5. The fraction of sp³-hybridized carbons (Fsp3) is 0.682. The van der Waals surface area contributed by atoms with E-state index in [1.807, 2.05) is 19.1 Å². The SMILES string of the molecule is [B]c1cccc(CCCC(C(C)=O)C23CC4CC(CC(C4)C2)C3)c1. The van der Waals surface area contributed by atoms with E-state index >= 15 is 0 Å². The molecule has 0 amide bonds. The molecule has 1 aromatic carbocycles. The summed E-state index contributed by atoms with van der Waals surface area (Å²) < 4.78 is 0. The van der Waals surface area contributed by atoms with Gasteiger partial charge in [0.1, 0.15) is 13.6 Å². The van der Waals surface area contributed by atoms with Gasteiger partial charge in [0.25, 0.3) is 0 Å². The van der Waals surface area contributed by atoms with Gasteiger partial charge in [0.15, 0.2) is 0 Å². The molecule has 4 aliphatic rings. The van der Waals surface area contributed by atoms with E-state index in [9.17, 15) is 4.79 Å². The first-order valence-corrected chi connectivity index (χ1v) is 9.89. The first-order valence-electron chi connectivity index (χ1n) is 9.89. The van der Waals surface area contributed by atoms with Crippen LogP contribution >= 0.6 is 0 Å². The van der Waals surface area contributed by atoms with Gasteiger partial charge < -0.3 is 0 Å². The number of hydrogen-bond acceptors (Lipinski definition) is 1. The van der Waals surface area contributed by atoms with E-state index in [2.05, 4.69) is 12.1 Å². The molecule has 24 heavy (non-hydrogen) atoms. The minimum Gasteiger partial charge on any atom is -0.300 e. The van der Waals surface area contributed by atoms with E-state index in [4.69, 9.17) is 7.85 Å². The lowest BCUT2D eigenvalue weighted by molar-refractivity contribution is -0.137. The number of benzene rings is 1. The van der Waals surface area contributed by atoms with Crippen molar-refractivity contribution in [2.24, 2.45) is 29.1 Å². The topological polar surface area (TPSA) is 17.1 Å². The van der Waals surface area contributed by atoms with Gasteiger partial charge >= 0.3 is 0 Å². The van der Waals surface area contributed by atoms with Crippen LogP contribution in [0, 0.1) is 29.1 Å². The molecule has 2 radical (unpaired) electrons. The zero-order chi connectivity index (χ0) is 16.7. The minimum atomic E-state index is 0.298. The van der Waals surface area contributed by atoms with Gasteiger partial charge in [0, 0.05) is 5.92 Å². The number of carbonyl (C=O) groups is 1. The lowest BCUT2D eigenvalue weighted by Crippen LogP contribution is -2.51. The van der Waals surface area contributed by atoms with Crippen LogP contribution in [0.15, 0.2) is 24.3 Å². The molecular weight excluding hydrogens is 291 g/mol. The van der Waals surface area contributed by atoms with Crippen LogP contribution in [0.5, 0.6) is 0 Å². The van der Waals surface area contributed by atoms with Gasteiger partial charge in [0.2, 0.25) is 0 Å². The average Bonchev–Trinajstić information content (AvgIpc) is 2.49. The van der Waals surface area contributed by atoms with Crippen LogP contribution in [0.1, 0.15) is 63.9 Å². The van der Waals surface area contributed by atoms with Crippen LogP contribution in [0.4, 0.5) is 0 Å². The molecular formula is C22H29BO. The highest BCUT2D eigenvalue weighted by Gasteiger charge is 2.54. The van der Waals surface area contributed by atoms with E-state index < -0.39 is 0 Å². The van der Waals surface area contributed by atoms with Crippen LogP contribution in [-0.4, -0.2) is 13.6 Å². The van der Waals surface area contributed by atoms with Crippen molar-refractivity contribution in [3.05, 3.63) is 29.8 Å². The molecule has 0 spiro atoms. The maximum atomic E-state index is 12.5. The van der Waals surface area contributed by atoms with E-state index in [-0.39, 0.29) is 0 Å². The summed E-state index contributed by atoms with van der Waals surface area (Å²) in [7, 11) is 5.89. The third kappa shape index (κ3) is 3.09. The number of aryl methyl sites for hydroxylation is 1. The Hall–Kier alpha value is -1.05. The lowest BCUT2D eigenvalue weighted by atomic mass is 9.45. The van der Waals surface area contributed by atoms with Crippen molar-refractivity contribution in [2.75, 3.05) is 0 Å². The number of rotatable bonds is 6. The zero-order valence-corrected chi connectivity index (χ0v) is 15.0. The summed E-state index contributed by atoms with van der Waals surface area (Å²) in [6.45, 7) is 1.85. The van der Waals surface area contributed by atoms with Crippen molar-refractivity contribution in [2.45, 2.75) is 64.7 Å². The molecule has 0 heterocycles. The summed E-state index contributed by atoms with van der Waals surface area (Å²) in [4.78, 5) is 12.5. The summed E-state index contributed by atoms with van der Waals surface area (Å²) in [6.07, 6.45) is 11.6. The molecule has 4 bridgehead atoms. The van der Waals surface area contributed by atoms with E-state index in [0.29, 0.717) is 17.1 Å². The third-order valence-electron chi connectivity index (χ3n) is 7.22. The molecule has 126 valence electrons. The van der Waals surface area contributed by atoms with Gasteiger partial charge in [-0.1, -0.05) is 29.7 Å². The normalized spacial score (nSPS) is 35.1. The van der Waals surface area contributed by atoms with Crippen LogP contribution in [0.25, 0.3) is 0 Å². The second-order valence-electron chi connectivity index (χ2n) is 9.08. The molecule has 0 aromatic heterocycles. The van der Waals surface area contributed by atoms with Gasteiger partial charge in [-0.05, 0) is 93.4 Å². The molecule has 5 rings (SSSR count). The molecule has 1 aromatic rings. The fourth-order valence-electron chi connectivity index (χ4n) is 6.80. The van der Waals surface area contributed by atoms with Gasteiger partial charge in [-0.3, -0.25) is 4.79 Å². The third-order valence-corrected chi connectivity index (χ3v) is 7.22. The minimum absolute atomic E-state index is 0.298. The van der Waals surface area contributed by atoms with Gasteiger partial charge in [-0.25, -0.2) is 0 Å². The molecule has 1 unspecified atom stereocenters. The summed E-state index contributed by atoms with van der Waals surface area (Å²) in [5.74, 6) is 3.52. The Kier molecular flexibility index (Phi) is 4.35. The van der Waals surface area contributed by atoms with Crippen LogP contribution in [0.2, 0.25) is 0 Å². The summed E-state index contributed by atoms with van der Waals surface area (Å²) in [5.41, 5.74) is 2.51. The number of carbonyl (C=O) groups excluding carboxylic acids is 1. The van der Waals surface area contributed by atoms with Crippen molar-refractivity contribution in [3.63, 3.8) is 0 Å². The molecule has 0 saturated heterocycles.